The normalized spacial score (nSPS) is 10.8. The Kier molecular flexibility index (Phi) is 2.60. The van der Waals surface area contributed by atoms with Crippen molar-refractivity contribution in [2.75, 3.05) is 5.73 Å². The maximum absolute atomic E-state index is 13.1. The summed E-state index contributed by atoms with van der Waals surface area (Å²) in [6, 6.07) is 8.06. The Balaban J connectivity index is 2.24. The van der Waals surface area contributed by atoms with E-state index in [9.17, 15) is 14.5 Å². The third kappa shape index (κ3) is 1.95. The smallest absolute Gasteiger partial charge is 0.298 e. The number of nitrogen functional groups attached to an aromatic ring is 1. The molecule has 0 aliphatic carbocycles. The van der Waals surface area contributed by atoms with Gasteiger partial charge in [-0.2, -0.15) is 0 Å². The zero-order chi connectivity index (χ0) is 14.3. The van der Waals surface area contributed by atoms with Crippen LogP contribution in [0.5, 0.6) is 0 Å². The average molecular weight is 273 g/mol. The molecule has 6 nitrogen and oxygen atoms in total. The lowest BCUT2D eigenvalue weighted by molar-refractivity contribution is -0.384. The van der Waals surface area contributed by atoms with E-state index in [4.69, 9.17) is 10.2 Å². The van der Waals surface area contributed by atoms with E-state index in [0.29, 0.717) is 11.0 Å². The monoisotopic (exact) mass is 273 g/mol. The number of aromatic nitrogens is 1. The molecule has 100 valence electrons. The third-order valence-electron chi connectivity index (χ3n) is 2.80. The Labute approximate surface area is 111 Å². The summed E-state index contributed by atoms with van der Waals surface area (Å²) in [6.07, 6.45) is 0. The van der Waals surface area contributed by atoms with Gasteiger partial charge in [-0.1, -0.05) is 0 Å². The second-order valence-corrected chi connectivity index (χ2v) is 4.15. The van der Waals surface area contributed by atoms with Gasteiger partial charge in [0, 0.05) is 11.5 Å². The summed E-state index contributed by atoms with van der Waals surface area (Å²) in [7, 11) is 0. The van der Waals surface area contributed by atoms with Crippen LogP contribution in [0.1, 0.15) is 0 Å². The second-order valence-electron chi connectivity index (χ2n) is 4.15. The minimum atomic E-state index is -0.574. The number of pyridine rings is 1. The number of nitro groups is 1. The van der Waals surface area contributed by atoms with Crippen molar-refractivity contribution in [1.82, 2.24) is 4.98 Å². The Morgan fingerprint density at radius 1 is 1.25 bits per heavy atom. The van der Waals surface area contributed by atoms with Gasteiger partial charge in [-0.15, -0.1) is 0 Å². The Hall–Kier alpha value is -2.96. The number of rotatable bonds is 2. The Morgan fingerprint density at radius 2 is 2.05 bits per heavy atom. The van der Waals surface area contributed by atoms with Crippen LogP contribution in [-0.4, -0.2) is 9.91 Å². The number of nitrogens with zero attached hydrogens (tertiary/aromatic N) is 2. The molecule has 3 rings (SSSR count). The van der Waals surface area contributed by atoms with Crippen molar-refractivity contribution in [2.45, 2.75) is 0 Å². The number of furan rings is 1. The van der Waals surface area contributed by atoms with Crippen LogP contribution in [0.15, 0.2) is 40.8 Å². The van der Waals surface area contributed by atoms with Crippen LogP contribution in [0.2, 0.25) is 0 Å². The number of halogens is 1. The van der Waals surface area contributed by atoms with Crippen LogP contribution in [0.4, 0.5) is 15.9 Å². The Bertz CT molecular complexity index is 829. The van der Waals surface area contributed by atoms with Crippen LogP contribution in [-0.2, 0) is 0 Å². The summed E-state index contributed by atoms with van der Waals surface area (Å²) < 4.78 is 18.6. The third-order valence-corrected chi connectivity index (χ3v) is 2.80. The zero-order valence-corrected chi connectivity index (χ0v) is 10.0. The molecule has 0 radical (unpaired) electrons. The summed E-state index contributed by atoms with van der Waals surface area (Å²) >= 11 is 0. The molecule has 0 saturated heterocycles. The quantitative estimate of drug-likeness (QED) is 0.571. The van der Waals surface area contributed by atoms with E-state index in [1.807, 2.05) is 0 Å². The van der Waals surface area contributed by atoms with Gasteiger partial charge in [-0.25, -0.2) is 9.37 Å². The molecule has 0 spiro atoms. The van der Waals surface area contributed by atoms with Crippen molar-refractivity contribution >= 4 is 22.5 Å². The molecule has 0 aliphatic heterocycles. The first kappa shape index (κ1) is 12.1. The van der Waals surface area contributed by atoms with Crippen molar-refractivity contribution in [3.05, 3.63) is 52.3 Å². The highest BCUT2D eigenvalue weighted by molar-refractivity contribution is 5.84. The highest BCUT2D eigenvalue weighted by Gasteiger charge is 2.20. The number of nitrogens with two attached hydrogens (primary N) is 1. The standard InChI is InChI=1S/C13H8FN3O3/c14-8-1-3-10-7(5-8)6-11(20-10)13-9(17(18)19)2-4-12(15)16-13/h1-6H,(H2,15,16). The highest BCUT2D eigenvalue weighted by atomic mass is 19.1. The molecule has 0 atom stereocenters. The number of hydrogen-bond acceptors (Lipinski definition) is 5. The number of benzene rings is 1. The first-order valence-electron chi connectivity index (χ1n) is 5.65. The van der Waals surface area contributed by atoms with E-state index in [1.54, 1.807) is 0 Å². The lowest BCUT2D eigenvalue weighted by atomic mass is 10.2. The van der Waals surface area contributed by atoms with E-state index in [0.717, 1.165) is 0 Å². The molecular formula is C13H8FN3O3. The van der Waals surface area contributed by atoms with Gasteiger partial charge in [-0.3, -0.25) is 10.1 Å². The summed E-state index contributed by atoms with van der Waals surface area (Å²) in [5.41, 5.74) is 5.76. The van der Waals surface area contributed by atoms with Crippen molar-refractivity contribution in [3.63, 3.8) is 0 Å². The topological polar surface area (TPSA) is 95.2 Å². The molecule has 2 heterocycles. The lowest BCUT2D eigenvalue weighted by Gasteiger charge is -1.99. The minimum Gasteiger partial charge on any atom is -0.454 e. The molecule has 0 aliphatic rings. The average Bonchev–Trinajstić information content (AvgIpc) is 2.81. The SMILES string of the molecule is Nc1ccc([N+](=O)[O-])c(-c2cc3cc(F)ccc3o2)n1. The van der Waals surface area contributed by atoms with Gasteiger partial charge in [0.1, 0.15) is 17.2 Å². The molecule has 2 N–H and O–H groups in total. The van der Waals surface area contributed by atoms with E-state index in [1.165, 1.54) is 36.4 Å². The zero-order valence-electron chi connectivity index (χ0n) is 10.0. The number of hydrogen-bond donors (Lipinski definition) is 1. The molecule has 0 fully saturated rings. The largest absolute Gasteiger partial charge is 0.454 e. The fourth-order valence-electron chi connectivity index (χ4n) is 1.93. The van der Waals surface area contributed by atoms with Crippen molar-refractivity contribution in [1.29, 1.82) is 0 Å². The predicted molar refractivity (Wildman–Crippen MR) is 70.5 cm³/mol. The Morgan fingerprint density at radius 3 is 2.80 bits per heavy atom. The van der Waals surface area contributed by atoms with Crippen LogP contribution in [0.25, 0.3) is 22.4 Å². The van der Waals surface area contributed by atoms with Crippen LogP contribution in [0, 0.1) is 15.9 Å². The van der Waals surface area contributed by atoms with Crippen LogP contribution < -0.4 is 5.73 Å². The summed E-state index contributed by atoms with van der Waals surface area (Å²) in [6.45, 7) is 0. The number of fused-ring (bicyclic) bond motifs is 1. The summed E-state index contributed by atoms with van der Waals surface area (Å²) in [4.78, 5) is 14.4. The summed E-state index contributed by atoms with van der Waals surface area (Å²) in [5.74, 6) is -0.110. The van der Waals surface area contributed by atoms with Gasteiger partial charge in [-0.05, 0) is 30.3 Å². The predicted octanol–water partition coefficient (Wildman–Crippen LogP) is 3.12. The van der Waals surface area contributed by atoms with Crippen molar-refractivity contribution in [2.24, 2.45) is 0 Å². The molecular weight excluding hydrogens is 265 g/mol. The van der Waals surface area contributed by atoms with Gasteiger partial charge >= 0.3 is 0 Å². The molecule has 0 bridgehead atoms. The van der Waals surface area contributed by atoms with Crippen molar-refractivity contribution < 1.29 is 13.7 Å². The van der Waals surface area contributed by atoms with E-state index < -0.39 is 10.7 Å². The molecule has 3 aromatic rings. The van der Waals surface area contributed by atoms with E-state index in [-0.39, 0.29) is 23.0 Å². The fourth-order valence-corrected chi connectivity index (χ4v) is 1.93. The van der Waals surface area contributed by atoms with E-state index in [2.05, 4.69) is 4.98 Å². The minimum absolute atomic E-state index is 0.0200. The fraction of sp³-hybridized carbons (Fsp3) is 0. The van der Waals surface area contributed by atoms with Crippen LogP contribution in [0.3, 0.4) is 0 Å². The molecule has 0 amide bonds. The van der Waals surface area contributed by atoms with Gasteiger partial charge in [0.05, 0.1) is 4.92 Å². The molecule has 0 saturated carbocycles. The highest BCUT2D eigenvalue weighted by Crippen LogP contribution is 2.33. The van der Waals surface area contributed by atoms with Gasteiger partial charge in [0.25, 0.3) is 5.69 Å². The molecule has 7 heteroatoms. The first-order valence-corrected chi connectivity index (χ1v) is 5.65. The second kappa shape index (κ2) is 4.30. The van der Waals surface area contributed by atoms with Crippen LogP contribution >= 0.6 is 0 Å². The molecule has 1 aromatic carbocycles. The molecule has 2 aromatic heterocycles. The first-order chi connectivity index (χ1) is 9.54. The maximum Gasteiger partial charge on any atom is 0.298 e. The lowest BCUT2D eigenvalue weighted by Crippen LogP contribution is -1.97. The van der Waals surface area contributed by atoms with Gasteiger partial charge < -0.3 is 10.2 Å². The van der Waals surface area contributed by atoms with Gasteiger partial charge in [0.15, 0.2) is 11.5 Å². The summed E-state index contributed by atoms with van der Waals surface area (Å²) in [5, 5.41) is 11.5. The van der Waals surface area contributed by atoms with Gasteiger partial charge in [0.2, 0.25) is 0 Å². The molecule has 0 unspecified atom stereocenters. The van der Waals surface area contributed by atoms with Crippen molar-refractivity contribution in [3.8, 4) is 11.5 Å². The van der Waals surface area contributed by atoms with E-state index >= 15 is 0 Å². The maximum atomic E-state index is 13.1. The number of anilines is 1. The molecule has 20 heavy (non-hydrogen) atoms.